The highest BCUT2D eigenvalue weighted by Gasteiger charge is 2.16. The molecule has 0 aromatic carbocycles. The second kappa shape index (κ2) is 8.57. The third-order valence-corrected chi connectivity index (χ3v) is 4.55. The number of nitrogens with one attached hydrogen (secondary N) is 1. The van der Waals surface area contributed by atoms with Crippen LogP contribution in [0.4, 0.5) is 0 Å². The van der Waals surface area contributed by atoms with E-state index in [0.29, 0.717) is 6.04 Å². The van der Waals surface area contributed by atoms with Gasteiger partial charge in [0.05, 0.1) is 11.7 Å². The van der Waals surface area contributed by atoms with Gasteiger partial charge in [-0.1, -0.05) is 40.0 Å². The molecule has 1 aliphatic rings. The van der Waals surface area contributed by atoms with Crippen LogP contribution >= 0.6 is 0 Å². The Hall–Kier alpha value is -0.830. The molecule has 1 fully saturated rings. The van der Waals surface area contributed by atoms with Crippen LogP contribution in [0.15, 0.2) is 12.3 Å². The van der Waals surface area contributed by atoms with Gasteiger partial charge in [0.15, 0.2) is 0 Å². The minimum atomic E-state index is 0.664. The summed E-state index contributed by atoms with van der Waals surface area (Å²) in [7, 11) is 0. The maximum atomic E-state index is 4.81. The Morgan fingerprint density at radius 3 is 2.67 bits per heavy atom. The van der Waals surface area contributed by atoms with Gasteiger partial charge in [0.1, 0.15) is 0 Å². The van der Waals surface area contributed by atoms with Crippen LogP contribution in [0.5, 0.6) is 0 Å². The van der Waals surface area contributed by atoms with Crippen molar-refractivity contribution in [3.05, 3.63) is 18.0 Å². The summed E-state index contributed by atoms with van der Waals surface area (Å²) in [5, 5.41) is 8.36. The molecule has 1 unspecified atom stereocenters. The van der Waals surface area contributed by atoms with Gasteiger partial charge in [-0.25, -0.2) is 0 Å². The van der Waals surface area contributed by atoms with Crippen molar-refractivity contribution in [2.45, 2.75) is 71.8 Å². The molecule has 0 aliphatic heterocycles. The molecule has 1 aromatic heterocycles. The topological polar surface area (TPSA) is 29.9 Å². The van der Waals surface area contributed by atoms with E-state index in [2.05, 4.69) is 43.0 Å². The van der Waals surface area contributed by atoms with Crippen molar-refractivity contribution in [3.8, 4) is 0 Å². The molecule has 3 heteroatoms. The van der Waals surface area contributed by atoms with Crippen LogP contribution in [0.1, 0.15) is 71.0 Å². The molecule has 1 heterocycles. The summed E-state index contributed by atoms with van der Waals surface area (Å²) in [4.78, 5) is 0. The Morgan fingerprint density at radius 2 is 1.95 bits per heavy atom. The van der Waals surface area contributed by atoms with Crippen LogP contribution in [-0.4, -0.2) is 22.9 Å². The average molecular weight is 291 g/mol. The van der Waals surface area contributed by atoms with Gasteiger partial charge >= 0.3 is 0 Å². The van der Waals surface area contributed by atoms with E-state index in [0.717, 1.165) is 31.3 Å². The first-order valence-electron chi connectivity index (χ1n) is 8.90. The number of hydrogen-bond acceptors (Lipinski definition) is 2. The molecule has 2 rings (SSSR count). The maximum Gasteiger partial charge on any atom is 0.0624 e. The van der Waals surface area contributed by atoms with Crippen molar-refractivity contribution in [2.24, 2.45) is 11.8 Å². The second-order valence-electron chi connectivity index (χ2n) is 7.27. The molecule has 0 amide bonds. The summed E-state index contributed by atoms with van der Waals surface area (Å²) in [6.07, 6.45) is 11.3. The Morgan fingerprint density at radius 1 is 1.19 bits per heavy atom. The molecule has 3 nitrogen and oxygen atoms in total. The summed E-state index contributed by atoms with van der Waals surface area (Å²) in [5.41, 5.74) is 1.27. The molecule has 0 spiro atoms. The first-order valence-corrected chi connectivity index (χ1v) is 8.90. The Balaban J connectivity index is 1.69. The molecule has 1 atom stereocenters. The van der Waals surface area contributed by atoms with Crippen LogP contribution in [0.3, 0.4) is 0 Å². The van der Waals surface area contributed by atoms with Gasteiger partial charge in [-0.3, -0.25) is 4.68 Å². The van der Waals surface area contributed by atoms with Crippen LogP contribution in [0.2, 0.25) is 0 Å². The number of hydrogen-bond donors (Lipinski definition) is 1. The van der Waals surface area contributed by atoms with E-state index >= 15 is 0 Å². The summed E-state index contributed by atoms with van der Waals surface area (Å²) in [6.45, 7) is 9.11. The standard InChI is InChI=1S/C18H33N3/c1-15(2)13-19-14-16(3)9-10-17-11-12-21(20-17)18-7-5-4-6-8-18/h11-12,15-16,18-19H,4-10,13-14H2,1-3H3. The molecule has 21 heavy (non-hydrogen) atoms. The van der Waals surface area contributed by atoms with Crippen molar-refractivity contribution in [2.75, 3.05) is 13.1 Å². The Bertz CT molecular complexity index is 391. The van der Waals surface area contributed by atoms with Gasteiger partial charge < -0.3 is 5.32 Å². The van der Waals surface area contributed by atoms with E-state index in [4.69, 9.17) is 5.10 Å². The second-order valence-corrected chi connectivity index (χ2v) is 7.27. The van der Waals surface area contributed by atoms with Crippen LogP contribution < -0.4 is 5.32 Å². The fraction of sp³-hybridized carbons (Fsp3) is 0.833. The van der Waals surface area contributed by atoms with Gasteiger partial charge in [0.25, 0.3) is 0 Å². The zero-order chi connectivity index (χ0) is 15.1. The first-order chi connectivity index (χ1) is 10.1. The summed E-state index contributed by atoms with van der Waals surface area (Å²) in [5.74, 6) is 1.46. The fourth-order valence-corrected chi connectivity index (χ4v) is 3.17. The van der Waals surface area contributed by atoms with Crippen LogP contribution in [0, 0.1) is 11.8 Å². The number of aryl methyl sites for hydroxylation is 1. The lowest BCUT2D eigenvalue weighted by Crippen LogP contribution is -2.25. The third kappa shape index (κ3) is 5.82. The quantitative estimate of drug-likeness (QED) is 0.778. The van der Waals surface area contributed by atoms with E-state index in [1.807, 2.05) is 0 Å². The van der Waals surface area contributed by atoms with Crippen LogP contribution in [-0.2, 0) is 6.42 Å². The van der Waals surface area contributed by atoms with Crippen LogP contribution in [0.25, 0.3) is 0 Å². The predicted octanol–water partition coefficient (Wildman–Crippen LogP) is 4.20. The van der Waals surface area contributed by atoms with Gasteiger partial charge in [-0.2, -0.15) is 5.10 Å². The largest absolute Gasteiger partial charge is 0.316 e. The lowest BCUT2D eigenvalue weighted by molar-refractivity contribution is 0.327. The highest BCUT2D eigenvalue weighted by atomic mass is 15.3. The van der Waals surface area contributed by atoms with E-state index in [1.165, 1.54) is 44.2 Å². The Kier molecular flexibility index (Phi) is 6.75. The van der Waals surface area contributed by atoms with Crippen molar-refractivity contribution in [1.82, 2.24) is 15.1 Å². The molecule has 0 radical (unpaired) electrons. The average Bonchev–Trinajstić information content (AvgIpc) is 2.94. The zero-order valence-electron chi connectivity index (χ0n) is 14.1. The van der Waals surface area contributed by atoms with Crippen molar-refractivity contribution >= 4 is 0 Å². The van der Waals surface area contributed by atoms with Gasteiger partial charge in [-0.15, -0.1) is 0 Å². The molecule has 1 aromatic rings. The lowest BCUT2D eigenvalue weighted by atomic mass is 9.96. The minimum Gasteiger partial charge on any atom is -0.316 e. The SMILES string of the molecule is CC(C)CNCC(C)CCc1ccn(C2CCCCC2)n1. The van der Waals surface area contributed by atoms with E-state index in [-0.39, 0.29) is 0 Å². The van der Waals surface area contributed by atoms with Crippen molar-refractivity contribution in [1.29, 1.82) is 0 Å². The summed E-state index contributed by atoms with van der Waals surface area (Å²) < 4.78 is 2.23. The fourth-order valence-electron chi connectivity index (χ4n) is 3.17. The maximum absolute atomic E-state index is 4.81. The molecule has 1 saturated carbocycles. The normalized spacial score (nSPS) is 18.3. The van der Waals surface area contributed by atoms with Crippen molar-refractivity contribution < 1.29 is 0 Å². The monoisotopic (exact) mass is 291 g/mol. The van der Waals surface area contributed by atoms with Gasteiger partial charge in [-0.05, 0) is 56.7 Å². The van der Waals surface area contributed by atoms with E-state index in [9.17, 15) is 0 Å². The first kappa shape index (κ1) is 16.5. The molecule has 120 valence electrons. The molecular formula is C18H33N3. The molecule has 1 N–H and O–H groups in total. The number of nitrogens with zero attached hydrogens (tertiary/aromatic N) is 2. The highest BCUT2D eigenvalue weighted by Crippen LogP contribution is 2.27. The smallest absolute Gasteiger partial charge is 0.0624 e. The van der Waals surface area contributed by atoms with E-state index < -0.39 is 0 Å². The van der Waals surface area contributed by atoms with Gasteiger partial charge in [0.2, 0.25) is 0 Å². The third-order valence-electron chi connectivity index (χ3n) is 4.55. The molecule has 1 aliphatic carbocycles. The molecule has 0 bridgehead atoms. The summed E-state index contributed by atoms with van der Waals surface area (Å²) >= 11 is 0. The number of rotatable bonds is 8. The number of aromatic nitrogens is 2. The lowest BCUT2D eigenvalue weighted by Gasteiger charge is -2.21. The van der Waals surface area contributed by atoms with Gasteiger partial charge in [0, 0.05) is 6.20 Å². The van der Waals surface area contributed by atoms with Crippen molar-refractivity contribution in [3.63, 3.8) is 0 Å². The zero-order valence-corrected chi connectivity index (χ0v) is 14.1. The Labute approximate surface area is 130 Å². The molecule has 0 saturated heterocycles. The molecular weight excluding hydrogens is 258 g/mol. The van der Waals surface area contributed by atoms with E-state index in [1.54, 1.807) is 0 Å². The predicted molar refractivity (Wildman–Crippen MR) is 89.5 cm³/mol. The minimum absolute atomic E-state index is 0.664. The summed E-state index contributed by atoms with van der Waals surface area (Å²) in [6, 6.07) is 2.89. The highest BCUT2D eigenvalue weighted by molar-refractivity contribution is 5.00.